The number of hydrogen-bond donors (Lipinski definition) is 1. The van der Waals surface area contributed by atoms with Gasteiger partial charge in [0.1, 0.15) is 0 Å². The topological polar surface area (TPSA) is 78.7 Å². The fourth-order valence-corrected chi connectivity index (χ4v) is 2.61. The van der Waals surface area contributed by atoms with Crippen LogP contribution in [0, 0.1) is 10.1 Å². The van der Waals surface area contributed by atoms with Crippen LogP contribution in [0.2, 0.25) is 0 Å². The fraction of sp³-hybridized carbons (Fsp3) is 0.316. The molecule has 2 aromatic carbocycles. The first-order valence-electron chi connectivity index (χ1n) is 8.24. The molecule has 0 aliphatic carbocycles. The lowest BCUT2D eigenvalue weighted by Gasteiger charge is -2.17. The van der Waals surface area contributed by atoms with E-state index in [2.05, 4.69) is 10.2 Å². The van der Waals surface area contributed by atoms with Gasteiger partial charge in [0.25, 0.3) is 11.6 Å². The van der Waals surface area contributed by atoms with Gasteiger partial charge < -0.3 is 15.1 Å². The van der Waals surface area contributed by atoms with E-state index in [-0.39, 0.29) is 17.2 Å². The number of nitrogens with one attached hydrogen (secondary N) is 1. The summed E-state index contributed by atoms with van der Waals surface area (Å²) < 4.78 is 0. The minimum Gasteiger partial charge on any atom is -0.377 e. The summed E-state index contributed by atoms with van der Waals surface area (Å²) in [7, 11) is 7.61. The monoisotopic (exact) mass is 356 g/mol. The average molecular weight is 356 g/mol. The number of nitrogens with zero attached hydrogens (tertiary/aromatic N) is 3. The van der Waals surface area contributed by atoms with Crippen molar-refractivity contribution in [2.24, 2.45) is 0 Å². The van der Waals surface area contributed by atoms with Crippen LogP contribution in [0.25, 0.3) is 0 Å². The fourth-order valence-electron chi connectivity index (χ4n) is 2.61. The van der Waals surface area contributed by atoms with E-state index in [4.69, 9.17) is 0 Å². The number of hydrogen-bond acceptors (Lipinski definition) is 5. The van der Waals surface area contributed by atoms with Gasteiger partial charge in [-0.1, -0.05) is 24.3 Å². The number of non-ortho nitro benzene ring substituents is 1. The summed E-state index contributed by atoms with van der Waals surface area (Å²) in [5, 5.41) is 13.8. The van der Waals surface area contributed by atoms with Crippen molar-refractivity contribution in [1.82, 2.24) is 10.2 Å². The molecule has 0 fully saturated rings. The summed E-state index contributed by atoms with van der Waals surface area (Å²) >= 11 is 0. The van der Waals surface area contributed by atoms with Gasteiger partial charge in [-0.05, 0) is 31.3 Å². The second-order valence-corrected chi connectivity index (χ2v) is 6.59. The molecule has 0 heterocycles. The van der Waals surface area contributed by atoms with Crippen LogP contribution in [0.3, 0.4) is 0 Å². The molecule has 2 aromatic rings. The van der Waals surface area contributed by atoms with E-state index in [1.807, 2.05) is 38.4 Å². The van der Waals surface area contributed by atoms with Crippen LogP contribution in [-0.2, 0) is 13.1 Å². The van der Waals surface area contributed by atoms with Crippen LogP contribution in [0.4, 0.5) is 11.4 Å². The van der Waals surface area contributed by atoms with Gasteiger partial charge in [-0.15, -0.1) is 0 Å². The van der Waals surface area contributed by atoms with Gasteiger partial charge >= 0.3 is 0 Å². The number of rotatable bonds is 7. The van der Waals surface area contributed by atoms with Gasteiger partial charge in [0.15, 0.2) is 0 Å². The molecular weight excluding hydrogens is 332 g/mol. The zero-order valence-corrected chi connectivity index (χ0v) is 15.5. The van der Waals surface area contributed by atoms with Gasteiger partial charge in [0, 0.05) is 45.0 Å². The minimum absolute atomic E-state index is 0.103. The highest BCUT2D eigenvalue weighted by Gasteiger charge is 2.17. The lowest BCUT2D eigenvalue weighted by Crippen LogP contribution is -2.25. The largest absolute Gasteiger partial charge is 0.377 e. The Morgan fingerprint density at radius 1 is 1.04 bits per heavy atom. The summed E-state index contributed by atoms with van der Waals surface area (Å²) in [6, 6.07) is 12.3. The third-order valence-corrected chi connectivity index (χ3v) is 3.89. The maximum absolute atomic E-state index is 12.6. The molecule has 1 amide bonds. The SMILES string of the molecule is CN(C)Cc1ccc(CNC(=O)c2cc([N+](=O)[O-])ccc2N(C)C)cc1. The minimum atomic E-state index is -0.500. The molecule has 0 spiro atoms. The number of carbonyl (C=O) groups is 1. The number of anilines is 1. The predicted octanol–water partition coefficient (Wildman–Crippen LogP) is 2.65. The van der Waals surface area contributed by atoms with Crippen LogP contribution in [0.15, 0.2) is 42.5 Å². The van der Waals surface area contributed by atoms with Crippen molar-refractivity contribution in [1.29, 1.82) is 0 Å². The number of nitro groups is 1. The van der Waals surface area contributed by atoms with Crippen LogP contribution >= 0.6 is 0 Å². The van der Waals surface area contributed by atoms with Gasteiger partial charge in [0.05, 0.1) is 10.5 Å². The third kappa shape index (κ3) is 5.03. The highest BCUT2D eigenvalue weighted by molar-refractivity contribution is 6.00. The van der Waals surface area contributed by atoms with Gasteiger partial charge in [-0.25, -0.2) is 0 Å². The number of nitro benzene ring substituents is 1. The zero-order valence-electron chi connectivity index (χ0n) is 15.5. The molecule has 0 aliphatic heterocycles. The molecule has 2 rings (SSSR count). The molecule has 7 nitrogen and oxygen atoms in total. The number of carbonyl (C=O) groups excluding carboxylic acids is 1. The normalized spacial score (nSPS) is 10.7. The van der Waals surface area contributed by atoms with Crippen molar-refractivity contribution in [3.05, 3.63) is 69.3 Å². The summed E-state index contributed by atoms with van der Waals surface area (Å²) in [5.74, 6) is -0.338. The standard InChI is InChI=1S/C19H24N4O3/c1-21(2)13-15-7-5-14(6-8-15)12-20-19(24)17-11-16(23(25)26)9-10-18(17)22(3)4/h5-11H,12-13H2,1-4H3,(H,20,24). The van der Waals surface area contributed by atoms with E-state index in [0.29, 0.717) is 12.2 Å². The number of benzene rings is 2. The van der Waals surface area contributed by atoms with Gasteiger partial charge in [-0.3, -0.25) is 14.9 Å². The Balaban J connectivity index is 2.12. The van der Waals surface area contributed by atoms with E-state index in [1.54, 1.807) is 25.1 Å². The maximum atomic E-state index is 12.6. The molecule has 0 unspecified atom stereocenters. The van der Waals surface area contributed by atoms with Crippen molar-refractivity contribution < 1.29 is 9.72 Å². The molecule has 0 saturated carbocycles. The van der Waals surface area contributed by atoms with Crippen LogP contribution in [0.5, 0.6) is 0 Å². The molecule has 0 aliphatic rings. The molecule has 7 heteroatoms. The lowest BCUT2D eigenvalue weighted by molar-refractivity contribution is -0.384. The predicted molar refractivity (Wildman–Crippen MR) is 102 cm³/mol. The Bertz CT molecular complexity index is 786. The Kier molecular flexibility index (Phi) is 6.30. The molecule has 1 N–H and O–H groups in total. The molecule has 0 aromatic heterocycles. The number of amides is 1. The van der Waals surface area contributed by atoms with Crippen molar-refractivity contribution >= 4 is 17.3 Å². The van der Waals surface area contributed by atoms with E-state index in [0.717, 1.165) is 12.1 Å². The zero-order chi connectivity index (χ0) is 19.3. The smallest absolute Gasteiger partial charge is 0.270 e. The first-order chi connectivity index (χ1) is 12.3. The van der Waals surface area contributed by atoms with E-state index >= 15 is 0 Å². The van der Waals surface area contributed by atoms with Crippen molar-refractivity contribution in [2.45, 2.75) is 13.1 Å². The van der Waals surface area contributed by atoms with E-state index < -0.39 is 4.92 Å². The van der Waals surface area contributed by atoms with E-state index in [1.165, 1.54) is 17.7 Å². The molecule has 26 heavy (non-hydrogen) atoms. The van der Waals surface area contributed by atoms with Crippen molar-refractivity contribution in [2.75, 3.05) is 33.1 Å². The molecule has 0 saturated heterocycles. The first kappa shape index (κ1) is 19.4. The highest BCUT2D eigenvalue weighted by Crippen LogP contribution is 2.24. The van der Waals surface area contributed by atoms with Gasteiger partial charge in [-0.2, -0.15) is 0 Å². The molecule has 0 atom stereocenters. The van der Waals surface area contributed by atoms with E-state index in [9.17, 15) is 14.9 Å². The Labute approximate surface area is 153 Å². The molecule has 138 valence electrons. The summed E-state index contributed by atoms with van der Waals surface area (Å²) in [5.41, 5.74) is 2.98. The van der Waals surface area contributed by atoms with Crippen molar-refractivity contribution in [3.8, 4) is 0 Å². The first-order valence-corrected chi connectivity index (χ1v) is 8.24. The highest BCUT2D eigenvalue weighted by atomic mass is 16.6. The second-order valence-electron chi connectivity index (χ2n) is 6.59. The lowest BCUT2D eigenvalue weighted by atomic mass is 10.1. The molecular formula is C19H24N4O3. The maximum Gasteiger partial charge on any atom is 0.270 e. The Morgan fingerprint density at radius 3 is 2.19 bits per heavy atom. The summed E-state index contributed by atoms with van der Waals surface area (Å²) in [6.07, 6.45) is 0. The van der Waals surface area contributed by atoms with Gasteiger partial charge in [0.2, 0.25) is 0 Å². The molecule has 0 bridgehead atoms. The third-order valence-electron chi connectivity index (χ3n) is 3.89. The Morgan fingerprint density at radius 2 is 1.65 bits per heavy atom. The summed E-state index contributed by atoms with van der Waals surface area (Å²) in [4.78, 5) is 26.9. The summed E-state index contributed by atoms with van der Waals surface area (Å²) in [6.45, 7) is 1.21. The molecule has 0 radical (unpaired) electrons. The quantitative estimate of drug-likeness (QED) is 0.609. The van der Waals surface area contributed by atoms with Crippen molar-refractivity contribution in [3.63, 3.8) is 0 Å². The second kappa shape index (κ2) is 8.44. The van der Waals surface area contributed by atoms with Crippen LogP contribution in [0.1, 0.15) is 21.5 Å². The average Bonchev–Trinajstić information content (AvgIpc) is 2.59. The van der Waals surface area contributed by atoms with Crippen LogP contribution < -0.4 is 10.2 Å². The van der Waals surface area contributed by atoms with Crippen LogP contribution in [-0.4, -0.2) is 43.9 Å². The Hall–Kier alpha value is -2.93.